The first-order valence-electron chi connectivity index (χ1n) is 10.5. The summed E-state index contributed by atoms with van der Waals surface area (Å²) in [5.41, 5.74) is 15.7. The van der Waals surface area contributed by atoms with Crippen LogP contribution in [-0.2, 0) is 4.74 Å². The van der Waals surface area contributed by atoms with Crippen LogP contribution in [-0.4, -0.2) is 13.1 Å². The van der Waals surface area contributed by atoms with Crippen molar-refractivity contribution in [1.29, 1.82) is 0 Å². The number of methoxy groups -OCH3 is 1. The molecule has 0 bridgehead atoms. The van der Waals surface area contributed by atoms with Crippen LogP contribution in [0.5, 0.6) is 0 Å². The van der Waals surface area contributed by atoms with Crippen molar-refractivity contribution >= 4 is 5.97 Å². The normalized spacial score (nSPS) is 11.0. The summed E-state index contributed by atoms with van der Waals surface area (Å²) in [5, 5.41) is 0. The molecule has 0 amide bonds. The highest BCUT2D eigenvalue weighted by molar-refractivity contribution is 5.93. The highest BCUT2D eigenvalue weighted by atomic mass is 16.5. The molecule has 0 heterocycles. The van der Waals surface area contributed by atoms with E-state index in [0.29, 0.717) is 5.56 Å². The molecule has 2 heteroatoms. The molecule has 0 radical (unpaired) electrons. The number of hydrogen-bond acceptors (Lipinski definition) is 2. The zero-order chi connectivity index (χ0) is 22.3. The van der Waals surface area contributed by atoms with Crippen LogP contribution >= 0.6 is 0 Å². The van der Waals surface area contributed by atoms with Crippen molar-refractivity contribution in [2.24, 2.45) is 0 Å². The molecule has 0 aromatic heterocycles. The summed E-state index contributed by atoms with van der Waals surface area (Å²) in [6.07, 6.45) is 0. The largest absolute Gasteiger partial charge is 0.465 e. The SMILES string of the molecule is COC(=O)c1cc(C)c(-c2c(C)cc(C)c(-c3c(C)cc(C)cc3C)c2C)c(C)c1. The first kappa shape index (κ1) is 21.8. The van der Waals surface area contributed by atoms with Crippen molar-refractivity contribution in [1.82, 2.24) is 0 Å². The van der Waals surface area contributed by atoms with Gasteiger partial charge in [0.15, 0.2) is 0 Å². The predicted molar refractivity (Wildman–Crippen MR) is 127 cm³/mol. The molecule has 0 atom stereocenters. The third kappa shape index (κ3) is 3.67. The van der Waals surface area contributed by atoms with Gasteiger partial charge in [-0.05, 0) is 129 Å². The lowest BCUT2D eigenvalue weighted by molar-refractivity contribution is 0.0600. The number of carbonyl (C=O) groups is 1. The lowest BCUT2D eigenvalue weighted by Gasteiger charge is -2.23. The van der Waals surface area contributed by atoms with Crippen molar-refractivity contribution in [3.8, 4) is 22.3 Å². The Morgan fingerprint density at radius 3 is 1.33 bits per heavy atom. The second-order valence-corrected chi connectivity index (χ2v) is 8.64. The molecule has 0 aliphatic heterocycles. The summed E-state index contributed by atoms with van der Waals surface area (Å²) < 4.78 is 4.93. The second kappa shape index (κ2) is 8.10. The van der Waals surface area contributed by atoms with Gasteiger partial charge in [-0.3, -0.25) is 0 Å². The lowest BCUT2D eigenvalue weighted by atomic mass is 9.81. The Hall–Kier alpha value is -2.87. The van der Waals surface area contributed by atoms with E-state index < -0.39 is 0 Å². The zero-order valence-electron chi connectivity index (χ0n) is 19.7. The standard InChI is InChI=1S/C28H32O2/c1-15-10-16(2)24(17(3)11-15)26-18(4)12-19(5)27(22(26)8)25-20(6)13-23(14-21(25)7)28(29)30-9/h10-14H,1-9H3. The van der Waals surface area contributed by atoms with E-state index >= 15 is 0 Å². The van der Waals surface area contributed by atoms with Crippen LogP contribution in [0, 0.1) is 55.4 Å². The number of esters is 1. The maximum atomic E-state index is 12.1. The van der Waals surface area contributed by atoms with Crippen molar-refractivity contribution in [2.75, 3.05) is 7.11 Å². The molecule has 156 valence electrons. The van der Waals surface area contributed by atoms with E-state index in [1.807, 2.05) is 12.1 Å². The molecule has 3 aromatic rings. The monoisotopic (exact) mass is 400 g/mol. The molecule has 0 saturated heterocycles. The number of hydrogen-bond donors (Lipinski definition) is 0. The van der Waals surface area contributed by atoms with Crippen LogP contribution in [0.25, 0.3) is 22.3 Å². The third-order valence-corrected chi connectivity index (χ3v) is 6.10. The fourth-order valence-electron chi connectivity index (χ4n) is 5.12. The molecule has 3 rings (SSSR count). The smallest absolute Gasteiger partial charge is 0.337 e. The van der Waals surface area contributed by atoms with E-state index in [0.717, 1.165) is 11.1 Å². The van der Waals surface area contributed by atoms with Gasteiger partial charge < -0.3 is 4.74 Å². The lowest BCUT2D eigenvalue weighted by Crippen LogP contribution is -2.05. The van der Waals surface area contributed by atoms with Crippen LogP contribution in [0.1, 0.15) is 54.9 Å². The molecule has 2 nitrogen and oxygen atoms in total. The predicted octanol–water partition coefficient (Wildman–Crippen LogP) is 7.27. The van der Waals surface area contributed by atoms with E-state index in [-0.39, 0.29) is 5.97 Å². The highest BCUT2D eigenvalue weighted by Gasteiger charge is 2.20. The first-order chi connectivity index (χ1) is 14.1. The molecule has 0 unspecified atom stereocenters. The zero-order valence-corrected chi connectivity index (χ0v) is 19.7. The molecular weight excluding hydrogens is 368 g/mol. The van der Waals surface area contributed by atoms with E-state index in [2.05, 4.69) is 73.6 Å². The van der Waals surface area contributed by atoms with E-state index in [1.165, 1.54) is 62.7 Å². The van der Waals surface area contributed by atoms with Crippen molar-refractivity contribution in [3.05, 3.63) is 80.4 Å². The van der Waals surface area contributed by atoms with Crippen LogP contribution in [0.4, 0.5) is 0 Å². The Morgan fingerprint density at radius 2 is 0.933 bits per heavy atom. The Labute approximate surface area is 180 Å². The number of ether oxygens (including phenoxy) is 1. The minimum Gasteiger partial charge on any atom is -0.465 e. The van der Waals surface area contributed by atoms with Gasteiger partial charge in [-0.15, -0.1) is 0 Å². The number of carbonyl (C=O) groups excluding carboxylic acids is 1. The average molecular weight is 401 g/mol. The molecule has 0 aliphatic rings. The summed E-state index contributed by atoms with van der Waals surface area (Å²) in [4.78, 5) is 12.1. The van der Waals surface area contributed by atoms with E-state index in [1.54, 1.807) is 0 Å². The van der Waals surface area contributed by atoms with Crippen molar-refractivity contribution in [2.45, 2.75) is 55.4 Å². The quantitative estimate of drug-likeness (QED) is 0.432. The Balaban J connectivity index is 2.35. The molecule has 0 N–H and O–H groups in total. The second-order valence-electron chi connectivity index (χ2n) is 8.64. The van der Waals surface area contributed by atoms with Crippen LogP contribution in [0.2, 0.25) is 0 Å². The molecule has 3 aromatic carbocycles. The van der Waals surface area contributed by atoms with Gasteiger partial charge in [0, 0.05) is 0 Å². The maximum absolute atomic E-state index is 12.1. The van der Waals surface area contributed by atoms with Gasteiger partial charge in [-0.1, -0.05) is 23.8 Å². The number of rotatable bonds is 3. The van der Waals surface area contributed by atoms with E-state index in [4.69, 9.17) is 4.74 Å². The summed E-state index contributed by atoms with van der Waals surface area (Å²) >= 11 is 0. The molecule has 30 heavy (non-hydrogen) atoms. The number of aryl methyl sites for hydroxylation is 7. The van der Waals surface area contributed by atoms with Gasteiger partial charge in [0.25, 0.3) is 0 Å². The van der Waals surface area contributed by atoms with E-state index in [9.17, 15) is 4.79 Å². The molecule has 0 spiro atoms. The van der Waals surface area contributed by atoms with Crippen LogP contribution in [0.15, 0.2) is 30.3 Å². The summed E-state index contributed by atoms with van der Waals surface area (Å²) in [7, 11) is 1.42. The fraction of sp³-hybridized carbons (Fsp3) is 0.321. The minimum absolute atomic E-state index is 0.295. The van der Waals surface area contributed by atoms with Crippen LogP contribution < -0.4 is 0 Å². The summed E-state index contributed by atoms with van der Waals surface area (Å²) in [6.45, 7) is 17.3. The highest BCUT2D eigenvalue weighted by Crippen LogP contribution is 2.42. The molecular formula is C28H32O2. The average Bonchev–Trinajstić information content (AvgIpc) is 2.64. The van der Waals surface area contributed by atoms with Crippen molar-refractivity contribution < 1.29 is 9.53 Å². The summed E-state index contributed by atoms with van der Waals surface area (Å²) in [6, 6.07) is 10.7. The Morgan fingerprint density at radius 1 is 0.567 bits per heavy atom. The Kier molecular flexibility index (Phi) is 5.90. The van der Waals surface area contributed by atoms with Crippen LogP contribution in [0.3, 0.4) is 0 Å². The third-order valence-electron chi connectivity index (χ3n) is 6.10. The number of benzene rings is 3. The molecule has 0 aliphatic carbocycles. The van der Waals surface area contributed by atoms with Gasteiger partial charge >= 0.3 is 5.97 Å². The topological polar surface area (TPSA) is 26.3 Å². The summed E-state index contributed by atoms with van der Waals surface area (Å²) in [5.74, 6) is -0.295. The van der Waals surface area contributed by atoms with Gasteiger partial charge in [-0.25, -0.2) is 4.79 Å². The Bertz CT molecular complexity index is 1120. The minimum atomic E-state index is -0.295. The van der Waals surface area contributed by atoms with Gasteiger partial charge in [0.2, 0.25) is 0 Å². The fourth-order valence-corrected chi connectivity index (χ4v) is 5.12. The maximum Gasteiger partial charge on any atom is 0.337 e. The molecule has 0 saturated carbocycles. The molecule has 0 fully saturated rings. The van der Waals surface area contributed by atoms with Crippen molar-refractivity contribution in [3.63, 3.8) is 0 Å². The van der Waals surface area contributed by atoms with Gasteiger partial charge in [0.05, 0.1) is 12.7 Å². The van der Waals surface area contributed by atoms with Gasteiger partial charge in [0.1, 0.15) is 0 Å². The first-order valence-corrected chi connectivity index (χ1v) is 10.5. The van der Waals surface area contributed by atoms with Gasteiger partial charge in [-0.2, -0.15) is 0 Å².